The zero-order valence-corrected chi connectivity index (χ0v) is 9.05. The fraction of sp³-hybridized carbons (Fsp3) is 0.455. The molecule has 1 aromatic rings. The second kappa shape index (κ2) is 5.56. The Labute approximate surface area is 89.0 Å². The maximum Gasteiger partial charge on any atom is 0.207 e. The first kappa shape index (κ1) is 11.8. The van der Waals surface area contributed by atoms with Crippen molar-refractivity contribution in [1.29, 1.82) is 0 Å². The van der Waals surface area contributed by atoms with Crippen LogP contribution < -0.4 is 15.2 Å². The van der Waals surface area contributed by atoms with E-state index in [9.17, 15) is 4.39 Å². The number of aryl methyl sites for hydroxylation is 1. The van der Waals surface area contributed by atoms with Gasteiger partial charge in [0, 0.05) is 0 Å². The highest BCUT2D eigenvalue weighted by Crippen LogP contribution is 2.30. The monoisotopic (exact) mass is 213 g/mol. The lowest BCUT2D eigenvalue weighted by molar-refractivity contribution is 0.347. The lowest BCUT2D eigenvalue weighted by Crippen LogP contribution is -2.03. The van der Waals surface area contributed by atoms with E-state index in [1.165, 1.54) is 14.2 Å². The van der Waals surface area contributed by atoms with Gasteiger partial charge in [0.05, 0.1) is 14.2 Å². The number of benzene rings is 1. The number of methoxy groups -OCH3 is 2. The van der Waals surface area contributed by atoms with E-state index in [-0.39, 0.29) is 11.5 Å². The predicted octanol–water partition coefficient (Wildman–Crippen LogP) is 1.73. The summed E-state index contributed by atoms with van der Waals surface area (Å²) in [5.41, 5.74) is 6.22. The summed E-state index contributed by atoms with van der Waals surface area (Å²) in [6.45, 7) is 0.580. The molecule has 0 spiro atoms. The van der Waals surface area contributed by atoms with E-state index in [1.54, 1.807) is 12.1 Å². The fourth-order valence-electron chi connectivity index (χ4n) is 1.45. The third kappa shape index (κ3) is 2.59. The molecule has 0 saturated carbocycles. The number of rotatable bonds is 5. The zero-order chi connectivity index (χ0) is 11.3. The molecule has 0 unspecified atom stereocenters. The van der Waals surface area contributed by atoms with Gasteiger partial charge in [0.15, 0.2) is 11.5 Å². The van der Waals surface area contributed by atoms with Gasteiger partial charge in [0.1, 0.15) is 0 Å². The van der Waals surface area contributed by atoms with Crippen molar-refractivity contribution in [1.82, 2.24) is 0 Å². The molecule has 1 rings (SSSR count). The minimum Gasteiger partial charge on any atom is -0.494 e. The molecule has 0 heterocycles. The molecule has 84 valence electrons. The highest BCUT2D eigenvalue weighted by molar-refractivity contribution is 5.42. The predicted molar refractivity (Wildman–Crippen MR) is 56.9 cm³/mol. The van der Waals surface area contributed by atoms with Crippen LogP contribution in [0.2, 0.25) is 0 Å². The van der Waals surface area contributed by atoms with E-state index >= 15 is 0 Å². The minimum atomic E-state index is -0.450. The van der Waals surface area contributed by atoms with Crippen LogP contribution in [0, 0.1) is 5.82 Å². The van der Waals surface area contributed by atoms with E-state index < -0.39 is 5.82 Å². The maximum absolute atomic E-state index is 13.7. The smallest absolute Gasteiger partial charge is 0.207 e. The van der Waals surface area contributed by atoms with Crippen molar-refractivity contribution in [2.24, 2.45) is 5.73 Å². The second-order valence-corrected chi connectivity index (χ2v) is 3.17. The molecule has 0 aromatic heterocycles. The molecule has 3 nitrogen and oxygen atoms in total. The van der Waals surface area contributed by atoms with Crippen LogP contribution in [-0.2, 0) is 6.42 Å². The van der Waals surface area contributed by atoms with Crippen molar-refractivity contribution in [2.75, 3.05) is 20.8 Å². The Morgan fingerprint density at radius 1 is 1.27 bits per heavy atom. The summed E-state index contributed by atoms with van der Waals surface area (Å²) < 4.78 is 23.6. The molecule has 0 amide bonds. The Morgan fingerprint density at radius 2 is 2.00 bits per heavy atom. The molecule has 0 aliphatic rings. The molecule has 0 aliphatic heterocycles. The Kier molecular flexibility index (Phi) is 4.37. The first-order valence-corrected chi connectivity index (χ1v) is 4.84. The van der Waals surface area contributed by atoms with Gasteiger partial charge in [-0.2, -0.15) is 4.39 Å². The van der Waals surface area contributed by atoms with Crippen LogP contribution in [0.1, 0.15) is 12.0 Å². The minimum absolute atomic E-state index is 0.198. The topological polar surface area (TPSA) is 44.5 Å². The summed E-state index contributed by atoms with van der Waals surface area (Å²) in [5, 5.41) is 0. The summed E-state index contributed by atoms with van der Waals surface area (Å²) in [5.74, 6) is 0.000620. The number of hydrogen-bond donors (Lipinski definition) is 1. The van der Waals surface area contributed by atoms with Crippen molar-refractivity contribution in [3.05, 3.63) is 23.5 Å². The molecule has 15 heavy (non-hydrogen) atoms. The first-order valence-electron chi connectivity index (χ1n) is 4.84. The molecule has 0 fully saturated rings. The fourth-order valence-corrected chi connectivity index (χ4v) is 1.45. The van der Waals surface area contributed by atoms with Crippen LogP contribution in [0.5, 0.6) is 11.5 Å². The SMILES string of the molecule is COc1ccc(CCCN)c(OC)c1F. The number of halogens is 1. The molecule has 0 bridgehead atoms. The summed E-state index contributed by atoms with van der Waals surface area (Å²) in [7, 11) is 2.88. The van der Waals surface area contributed by atoms with Crippen LogP contribution >= 0.6 is 0 Å². The van der Waals surface area contributed by atoms with Gasteiger partial charge in [-0.05, 0) is 31.0 Å². The van der Waals surface area contributed by atoms with Gasteiger partial charge >= 0.3 is 0 Å². The second-order valence-electron chi connectivity index (χ2n) is 3.17. The molecule has 4 heteroatoms. The molecular weight excluding hydrogens is 197 g/mol. The van der Waals surface area contributed by atoms with E-state index in [0.717, 1.165) is 12.0 Å². The third-order valence-electron chi connectivity index (χ3n) is 2.22. The van der Waals surface area contributed by atoms with E-state index in [4.69, 9.17) is 15.2 Å². The molecule has 0 atom stereocenters. The maximum atomic E-state index is 13.7. The summed E-state index contributed by atoms with van der Waals surface area (Å²) >= 11 is 0. The Hall–Kier alpha value is -1.29. The van der Waals surface area contributed by atoms with E-state index in [0.29, 0.717) is 13.0 Å². The standard InChI is InChI=1S/C11H16FNO2/c1-14-9-6-5-8(4-3-7-13)11(15-2)10(9)12/h5-6H,3-4,7,13H2,1-2H3. The number of nitrogens with two attached hydrogens (primary N) is 1. The van der Waals surface area contributed by atoms with Gasteiger partial charge < -0.3 is 15.2 Å². The number of hydrogen-bond acceptors (Lipinski definition) is 3. The van der Waals surface area contributed by atoms with Gasteiger partial charge in [-0.3, -0.25) is 0 Å². The molecule has 0 radical (unpaired) electrons. The highest BCUT2D eigenvalue weighted by atomic mass is 19.1. The van der Waals surface area contributed by atoms with Crippen molar-refractivity contribution < 1.29 is 13.9 Å². The average Bonchev–Trinajstić information content (AvgIpc) is 2.26. The number of ether oxygens (including phenoxy) is 2. The average molecular weight is 213 g/mol. The Balaban J connectivity index is 3.01. The zero-order valence-electron chi connectivity index (χ0n) is 9.05. The van der Waals surface area contributed by atoms with Gasteiger partial charge in [0.2, 0.25) is 5.82 Å². The van der Waals surface area contributed by atoms with E-state index in [1.807, 2.05) is 0 Å². The van der Waals surface area contributed by atoms with Crippen molar-refractivity contribution in [2.45, 2.75) is 12.8 Å². The van der Waals surface area contributed by atoms with Gasteiger partial charge in [0.25, 0.3) is 0 Å². The quantitative estimate of drug-likeness (QED) is 0.810. The van der Waals surface area contributed by atoms with Gasteiger partial charge in [-0.15, -0.1) is 0 Å². The third-order valence-corrected chi connectivity index (χ3v) is 2.22. The van der Waals surface area contributed by atoms with Gasteiger partial charge in [-0.25, -0.2) is 0 Å². The molecule has 2 N–H and O–H groups in total. The van der Waals surface area contributed by atoms with Crippen LogP contribution in [0.4, 0.5) is 4.39 Å². The lowest BCUT2D eigenvalue weighted by atomic mass is 10.1. The lowest BCUT2D eigenvalue weighted by Gasteiger charge is -2.11. The Morgan fingerprint density at radius 3 is 2.53 bits per heavy atom. The van der Waals surface area contributed by atoms with Crippen molar-refractivity contribution in [3.63, 3.8) is 0 Å². The van der Waals surface area contributed by atoms with Crippen LogP contribution in [0.25, 0.3) is 0 Å². The summed E-state index contributed by atoms with van der Waals surface area (Å²) in [6, 6.07) is 3.40. The van der Waals surface area contributed by atoms with Crippen LogP contribution in [0.3, 0.4) is 0 Å². The molecule has 0 aliphatic carbocycles. The highest BCUT2D eigenvalue weighted by Gasteiger charge is 2.13. The Bertz CT molecular complexity index is 329. The van der Waals surface area contributed by atoms with Crippen LogP contribution in [0.15, 0.2) is 12.1 Å². The van der Waals surface area contributed by atoms with E-state index in [2.05, 4.69) is 0 Å². The molecular formula is C11H16FNO2. The summed E-state index contributed by atoms with van der Waals surface area (Å²) in [6.07, 6.45) is 1.52. The van der Waals surface area contributed by atoms with Crippen molar-refractivity contribution in [3.8, 4) is 11.5 Å². The first-order chi connectivity index (χ1) is 7.24. The summed E-state index contributed by atoms with van der Waals surface area (Å²) in [4.78, 5) is 0. The normalized spacial score (nSPS) is 10.1. The van der Waals surface area contributed by atoms with Crippen molar-refractivity contribution >= 4 is 0 Å². The molecule has 0 saturated heterocycles. The van der Waals surface area contributed by atoms with Gasteiger partial charge in [-0.1, -0.05) is 6.07 Å². The van der Waals surface area contributed by atoms with Crippen LogP contribution in [-0.4, -0.2) is 20.8 Å². The largest absolute Gasteiger partial charge is 0.494 e. The molecule has 1 aromatic carbocycles.